The lowest BCUT2D eigenvalue weighted by molar-refractivity contribution is -0.147. The quantitative estimate of drug-likeness (QED) is 0.717. The Bertz CT molecular complexity index is 1030. The standard InChI is InChI=1S/C20H21NO7S/c1-12-4-7-15(8-5-12)21-29(24,25)18-11-14(6-9-16(18)26-3)19(22)28-17-10-13(2)27-20(17)23/h4-9,11,13,17,21H,10H2,1-3H3/t13-,17+/m1/s1. The van der Waals surface area contributed by atoms with Gasteiger partial charge in [0.05, 0.1) is 12.7 Å². The molecule has 2 aromatic carbocycles. The van der Waals surface area contributed by atoms with E-state index in [1.807, 2.05) is 6.92 Å². The number of sulfonamides is 1. The minimum Gasteiger partial charge on any atom is -0.495 e. The first-order chi connectivity index (χ1) is 13.7. The predicted molar refractivity (Wildman–Crippen MR) is 104 cm³/mol. The van der Waals surface area contributed by atoms with Crippen molar-refractivity contribution in [1.29, 1.82) is 0 Å². The summed E-state index contributed by atoms with van der Waals surface area (Å²) in [6.45, 7) is 3.58. The van der Waals surface area contributed by atoms with Gasteiger partial charge in [0.2, 0.25) is 6.10 Å². The van der Waals surface area contributed by atoms with Gasteiger partial charge in [-0.3, -0.25) is 4.72 Å². The van der Waals surface area contributed by atoms with E-state index in [1.165, 1.54) is 19.2 Å². The molecule has 154 valence electrons. The van der Waals surface area contributed by atoms with Gasteiger partial charge >= 0.3 is 11.9 Å². The maximum atomic E-state index is 12.9. The van der Waals surface area contributed by atoms with Crippen LogP contribution in [0.4, 0.5) is 5.69 Å². The number of methoxy groups -OCH3 is 1. The summed E-state index contributed by atoms with van der Waals surface area (Å²) in [6, 6.07) is 10.7. The van der Waals surface area contributed by atoms with Crippen molar-refractivity contribution in [2.75, 3.05) is 11.8 Å². The molecule has 0 bridgehead atoms. The van der Waals surface area contributed by atoms with Crippen molar-refractivity contribution in [2.45, 2.75) is 37.4 Å². The second-order valence-electron chi connectivity index (χ2n) is 6.71. The lowest BCUT2D eigenvalue weighted by atomic mass is 10.2. The molecule has 3 rings (SSSR count). The van der Waals surface area contributed by atoms with Gasteiger partial charge in [-0.25, -0.2) is 18.0 Å². The number of rotatable bonds is 6. The van der Waals surface area contributed by atoms with Crippen molar-refractivity contribution >= 4 is 27.6 Å². The first-order valence-corrected chi connectivity index (χ1v) is 10.4. The highest BCUT2D eigenvalue weighted by Crippen LogP contribution is 2.28. The number of esters is 2. The molecule has 1 N–H and O–H groups in total. The van der Waals surface area contributed by atoms with Crippen molar-refractivity contribution < 1.29 is 32.2 Å². The Balaban J connectivity index is 1.87. The maximum Gasteiger partial charge on any atom is 0.347 e. The highest BCUT2D eigenvalue weighted by molar-refractivity contribution is 7.92. The second kappa shape index (κ2) is 8.12. The SMILES string of the molecule is COc1ccc(C(=O)O[C@H]2C[C@@H](C)OC2=O)cc1S(=O)(=O)Nc1ccc(C)cc1. The number of carbonyl (C=O) groups excluding carboxylic acids is 2. The van der Waals surface area contributed by atoms with E-state index in [2.05, 4.69) is 4.72 Å². The Kier molecular flexibility index (Phi) is 5.78. The largest absolute Gasteiger partial charge is 0.495 e. The lowest BCUT2D eigenvalue weighted by Crippen LogP contribution is -2.23. The molecule has 0 unspecified atom stereocenters. The fourth-order valence-electron chi connectivity index (χ4n) is 2.86. The van der Waals surface area contributed by atoms with Crippen LogP contribution in [-0.4, -0.2) is 39.7 Å². The summed E-state index contributed by atoms with van der Waals surface area (Å²) >= 11 is 0. The van der Waals surface area contributed by atoms with Crippen LogP contribution >= 0.6 is 0 Å². The molecule has 0 aliphatic carbocycles. The molecule has 0 saturated carbocycles. The molecule has 1 saturated heterocycles. The molecule has 9 heteroatoms. The Hall–Kier alpha value is -3.07. The monoisotopic (exact) mass is 419 g/mol. The number of nitrogens with one attached hydrogen (secondary N) is 1. The summed E-state index contributed by atoms with van der Waals surface area (Å²) in [5.41, 5.74) is 1.32. The fraction of sp³-hybridized carbons (Fsp3) is 0.300. The summed E-state index contributed by atoms with van der Waals surface area (Å²) < 4.78 is 43.5. The van der Waals surface area contributed by atoms with Gasteiger partial charge in [-0.2, -0.15) is 0 Å². The number of hydrogen-bond donors (Lipinski definition) is 1. The average Bonchev–Trinajstić information content (AvgIpc) is 2.99. The van der Waals surface area contributed by atoms with E-state index in [-0.39, 0.29) is 28.7 Å². The molecule has 0 aromatic heterocycles. The van der Waals surface area contributed by atoms with Crippen LogP contribution in [0.3, 0.4) is 0 Å². The molecule has 1 aliphatic heterocycles. The average molecular weight is 419 g/mol. The Labute approximate surface area is 168 Å². The van der Waals surface area contributed by atoms with Gasteiger partial charge in [0.15, 0.2) is 0 Å². The van der Waals surface area contributed by atoms with E-state index < -0.39 is 28.1 Å². The first-order valence-electron chi connectivity index (χ1n) is 8.88. The summed E-state index contributed by atoms with van der Waals surface area (Å²) in [7, 11) is -2.72. The minimum absolute atomic E-state index is 0.0255. The van der Waals surface area contributed by atoms with Crippen LogP contribution in [0.1, 0.15) is 29.3 Å². The maximum absolute atomic E-state index is 12.9. The molecule has 8 nitrogen and oxygen atoms in total. The smallest absolute Gasteiger partial charge is 0.347 e. The van der Waals surface area contributed by atoms with Crippen molar-refractivity contribution in [1.82, 2.24) is 0 Å². The fourth-order valence-corrected chi connectivity index (χ4v) is 4.11. The molecule has 1 heterocycles. The van der Waals surface area contributed by atoms with Crippen LogP contribution in [0.2, 0.25) is 0 Å². The lowest BCUT2D eigenvalue weighted by Gasteiger charge is -2.14. The van der Waals surface area contributed by atoms with Gasteiger partial charge < -0.3 is 14.2 Å². The molecule has 1 aliphatic rings. The number of anilines is 1. The summed E-state index contributed by atoms with van der Waals surface area (Å²) in [6.07, 6.45) is -1.10. The Morgan fingerprint density at radius 1 is 1.17 bits per heavy atom. The number of benzene rings is 2. The van der Waals surface area contributed by atoms with Gasteiger partial charge in [-0.15, -0.1) is 0 Å². The third kappa shape index (κ3) is 4.68. The van der Waals surface area contributed by atoms with Crippen LogP contribution < -0.4 is 9.46 Å². The first kappa shape index (κ1) is 20.7. The molecule has 2 aromatic rings. The predicted octanol–water partition coefficient (Wildman–Crippen LogP) is 2.67. The zero-order valence-corrected chi connectivity index (χ0v) is 17.0. The summed E-state index contributed by atoms with van der Waals surface area (Å²) in [5.74, 6) is -1.38. The zero-order chi connectivity index (χ0) is 21.2. The number of aryl methyl sites for hydroxylation is 1. The number of cyclic esters (lactones) is 1. The molecule has 0 amide bonds. The third-order valence-electron chi connectivity index (χ3n) is 4.37. The van der Waals surface area contributed by atoms with Crippen LogP contribution in [0.5, 0.6) is 5.75 Å². The highest BCUT2D eigenvalue weighted by Gasteiger charge is 2.35. The second-order valence-corrected chi connectivity index (χ2v) is 8.37. The number of hydrogen-bond acceptors (Lipinski definition) is 7. The van der Waals surface area contributed by atoms with E-state index in [4.69, 9.17) is 14.2 Å². The molecule has 0 spiro atoms. The summed E-state index contributed by atoms with van der Waals surface area (Å²) in [4.78, 5) is 23.9. The molecule has 1 fully saturated rings. The third-order valence-corrected chi connectivity index (χ3v) is 5.77. The van der Waals surface area contributed by atoms with Gasteiger partial charge in [-0.1, -0.05) is 17.7 Å². The summed E-state index contributed by atoms with van der Waals surface area (Å²) in [5, 5.41) is 0. The van der Waals surface area contributed by atoms with E-state index in [9.17, 15) is 18.0 Å². The number of carbonyl (C=O) groups is 2. The van der Waals surface area contributed by atoms with Crippen molar-refractivity contribution in [3.8, 4) is 5.75 Å². The normalized spacial score (nSPS) is 18.8. The van der Waals surface area contributed by atoms with Crippen LogP contribution in [0, 0.1) is 6.92 Å². The van der Waals surface area contributed by atoms with E-state index in [0.29, 0.717) is 5.69 Å². The van der Waals surface area contributed by atoms with E-state index in [1.54, 1.807) is 31.2 Å². The van der Waals surface area contributed by atoms with E-state index >= 15 is 0 Å². The molecular formula is C20H21NO7S. The number of ether oxygens (including phenoxy) is 3. The topological polar surface area (TPSA) is 108 Å². The van der Waals surface area contributed by atoms with Crippen molar-refractivity contribution in [2.24, 2.45) is 0 Å². The molecular weight excluding hydrogens is 398 g/mol. The van der Waals surface area contributed by atoms with Gasteiger partial charge in [-0.05, 0) is 44.2 Å². The van der Waals surface area contributed by atoms with Crippen molar-refractivity contribution in [3.63, 3.8) is 0 Å². The van der Waals surface area contributed by atoms with Gasteiger partial charge in [0, 0.05) is 12.1 Å². The van der Waals surface area contributed by atoms with E-state index in [0.717, 1.165) is 11.6 Å². The molecule has 0 radical (unpaired) electrons. The zero-order valence-electron chi connectivity index (χ0n) is 16.2. The molecule has 2 atom stereocenters. The molecule has 29 heavy (non-hydrogen) atoms. The van der Waals surface area contributed by atoms with Crippen LogP contribution in [-0.2, 0) is 24.3 Å². The minimum atomic E-state index is -4.05. The highest BCUT2D eigenvalue weighted by atomic mass is 32.2. The van der Waals surface area contributed by atoms with Crippen molar-refractivity contribution in [3.05, 3.63) is 53.6 Å². The Morgan fingerprint density at radius 3 is 2.45 bits per heavy atom. The van der Waals surface area contributed by atoms with Crippen LogP contribution in [0.25, 0.3) is 0 Å². The van der Waals surface area contributed by atoms with Gasteiger partial charge in [0.25, 0.3) is 10.0 Å². The van der Waals surface area contributed by atoms with Gasteiger partial charge in [0.1, 0.15) is 16.7 Å². The Morgan fingerprint density at radius 2 is 1.86 bits per heavy atom. The van der Waals surface area contributed by atoms with Crippen LogP contribution in [0.15, 0.2) is 47.4 Å².